The first kappa shape index (κ1) is 16.2. The summed E-state index contributed by atoms with van der Waals surface area (Å²) in [5.74, 6) is -0.537. The van der Waals surface area contributed by atoms with Crippen LogP contribution in [0.1, 0.15) is 44.2 Å². The third-order valence-corrected chi connectivity index (χ3v) is 3.74. The van der Waals surface area contributed by atoms with Crippen molar-refractivity contribution < 1.29 is 19.2 Å². The molecule has 0 aliphatic carbocycles. The highest BCUT2D eigenvalue weighted by Crippen LogP contribution is 2.21. The van der Waals surface area contributed by atoms with Gasteiger partial charge in [-0.15, -0.1) is 0 Å². The maximum absolute atomic E-state index is 12.1. The highest BCUT2D eigenvalue weighted by atomic mass is 16.5. The maximum atomic E-state index is 12.1. The fourth-order valence-electron chi connectivity index (χ4n) is 1.98. The Labute approximate surface area is 118 Å². The number of aryl methyl sites for hydroxylation is 2. The van der Waals surface area contributed by atoms with Crippen molar-refractivity contribution in [1.29, 1.82) is 0 Å². The molecule has 0 aliphatic rings. The Morgan fingerprint density at radius 1 is 1.40 bits per heavy atom. The average Bonchev–Trinajstić information content (AvgIpc) is 2.59. The second kappa shape index (κ2) is 6.07. The van der Waals surface area contributed by atoms with E-state index in [0.717, 1.165) is 5.56 Å². The van der Waals surface area contributed by atoms with Gasteiger partial charge >= 0.3 is 5.97 Å². The van der Waals surface area contributed by atoms with Crippen LogP contribution in [0.5, 0.6) is 0 Å². The molecule has 0 aliphatic heterocycles. The summed E-state index contributed by atoms with van der Waals surface area (Å²) in [4.78, 5) is 23.1. The zero-order chi connectivity index (χ0) is 15.5. The van der Waals surface area contributed by atoms with Crippen LogP contribution in [0.3, 0.4) is 0 Å². The molecular weight excluding hydrogens is 260 g/mol. The lowest BCUT2D eigenvalue weighted by Gasteiger charge is -2.33. The highest BCUT2D eigenvalue weighted by molar-refractivity contribution is 5.80. The number of hydrogen-bond donors (Lipinski definition) is 2. The summed E-state index contributed by atoms with van der Waals surface area (Å²) in [6.07, 6.45) is 0.0289. The van der Waals surface area contributed by atoms with E-state index in [1.165, 1.54) is 0 Å². The lowest BCUT2D eigenvalue weighted by atomic mass is 9.85. The predicted molar refractivity (Wildman–Crippen MR) is 73.3 cm³/mol. The first-order valence-corrected chi connectivity index (χ1v) is 6.60. The molecule has 0 fully saturated rings. The second-order valence-corrected chi connectivity index (χ2v) is 5.67. The minimum Gasteiger partial charge on any atom is -0.481 e. The molecule has 1 aromatic rings. The quantitative estimate of drug-likeness (QED) is 0.830. The SMILES string of the molecule is Cc1noc(C)c1CC(=O)NC(C)(CC(=O)O)C(C)C. The summed E-state index contributed by atoms with van der Waals surface area (Å²) in [6, 6.07) is 0. The standard InChI is InChI=1S/C14H22N2O4/c1-8(2)14(5,7-13(18)19)15-12(17)6-11-9(3)16-20-10(11)4/h8H,6-7H2,1-5H3,(H,15,17)(H,18,19). The number of nitrogens with zero attached hydrogens (tertiary/aromatic N) is 1. The minimum atomic E-state index is -0.932. The van der Waals surface area contributed by atoms with Gasteiger partial charge in [0.15, 0.2) is 0 Å². The second-order valence-electron chi connectivity index (χ2n) is 5.67. The van der Waals surface area contributed by atoms with Crippen molar-refractivity contribution in [2.24, 2.45) is 5.92 Å². The molecular formula is C14H22N2O4. The number of carbonyl (C=O) groups excluding carboxylic acids is 1. The van der Waals surface area contributed by atoms with Crippen molar-refractivity contribution in [3.8, 4) is 0 Å². The van der Waals surface area contributed by atoms with E-state index >= 15 is 0 Å². The molecule has 0 saturated heterocycles. The third-order valence-electron chi connectivity index (χ3n) is 3.74. The summed E-state index contributed by atoms with van der Waals surface area (Å²) >= 11 is 0. The van der Waals surface area contributed by atoms with Gasteiger partial charge in [0.05, 0.1) is 18.5 Å². The Balaban J connectivity index is 2.80. The Hall–Kier alpha value is -1.85. The van der Waals surface area contributed by atoms with Crippen LogP contribution in [0.2, 0.25) is 0 Å². The van der Waals surface area contributed by atoms with Crippen molar-refractivity contribution in [2.75, 3.05) is 0 Å². The summed E-state index contributed by atoms with van der Waals surface area (Å²) < 4.78 is 5.01. The molecule has 1 unspecified atom stereocenters. The van der Waals surface area contributed by atoms with E-state index in [0.29, 0.717) is 11.5 Å². The molecule has 0 bridgehead atoms. The zero-order valence-electron chi connectivity index (χ0n) is 12.6. The molecule has 0 saturated carbocycles. The van der Waals surface area contributed by atoms with Crippen LogP contribution < -0.4 is 5.32 Å². The van der Waals surface area contributed by atoms with Crippen LogP contribution in [0.4, 0.5) is 0 Å². The van der Waals surface area contributed by atoms with Crippen molar-refractivity contribution in [1.82, 2.24) is 10.5 Å². The van der Waals surface area contributed by atoms with E-state index in [9.17, 15) is 9.59 Å². The van der Waals surface area contributed by atoms with Crippen molar-refractivity contribution >= 4 is 11.9 Å². The number of carboxylic acids is 1. The first-order valence-electron chi connectivity index (χ1n) is 6.60. The van der Waals surface area contributed by atoms with Crippen LogP contribution in [0, 0.1) is 19.8 Å². The van der Waals surface area contributed by atoms with Gasteiger partial charge in [-0.25, -0.2) is 0 Å². The normalized spacial score (nSPS) is 14.1. The predicted octanol–water partition coefficient (Wildman–Crippen LogP) is 1.84. The van der Waals surface area contributed by atoms with Gasteiger partial charge in [0.25, 0.3) is 0 Å². The van der Waals surface area contributed by atoms with Gasteiger partial charge < -0.3 is 14.9 Å². The van der Waals surface area contributed by atoms with E-state index in [-0.39, 0.29) is 24.7 Å². The number of carboxylic acid groups (broad SMARTS) is 1. The molecule has 1 aromatic heterocycles. The fourth-order valence-corrected chi connectivity index (χ4v) is 1.98. The van der Waals surface area contributed by atoms with E-state index in [1.54, 1.807) is 20.8 Å². The van der Waals surface area contributed by atoms with Gasteiger partial charge in [0.2, 0.25) is 5.91 Å². The minimum absolute atomic E-state index is 0.00668. The smallest absolute Gasteiger partial charge is 0.305 e. The molecule has 1 rings (SSSR count). The van der Waals surface area contributed by atoms with Gasteiger partial charge in [-0.3, -0.25) is 9.59 Å². The van der Waals surface area contributed by atoms with Crippen LogP contribution in [0.25, 0.3) is 0 Å². The molecule has 0 spiro atoms. The molecule has 112 valence electrons. The number of nitrogens with one attached hydrogen (secondary N) is 1. The Bertz CT molecular complexity index is 488. The fraction of sp³-hybridized carbons (Fsp3) is 0.643. The van der Waals surface area contributed by atoms with Crippen molar-refractivity contribution in [2.45, 2.75) is 53.0 Å². The van der Waals surface area contributed by atoms with E-state index in [4.69, 9.17) is 9.63 Å². The largest absolute Gasteiger partial charge is 0.481 e. The highest BCUT2D eigenvalue weighted by Gasteiger charge is 2.33. The summed E-state index contributed by atoms with van der Waals surface area (Å²) in [7, 11) is 0. The molecule has 1 heterocycles. The lowest BCUT2D eigenvalue weighted by molar-refractivity contribution is -0.139. The molecule has 0 aromatic carbocycles. The maximum Gasteiger partial charge on any atom is 0.305 e. The third kappa shape index (κ3) is 3.82. The first-order chi connectivity index (χ1) is 9.15. The molecule has 0 radical (unpaired) electrons. The van der Waals surface area contributed by atoms with Crippen LogP contribution in [0.15, 0.2) is 4.52 Å². The molecule has 1 amide bonds. The number of aromatic nitrogens is 1. The van der Waals surface area contributed by atoms with Crippen molar-refractivity contribution in [3.05, 3.63) is 17.0 Å². The summed E-state index contributed by atoms with van der Waals surface area (Å²) in [5, 5.41) is 15.6. The summed E-state index contributed by atoms with van der Waals surface area (Å²) in [5.41, 5.74) is 0.660. The van der Waals surface area contributed by atoms with Crippen LogP contribution >= 0.6 is 0 Å². The molecule has 1 atom stereocenters. The lowest BCUT2D eigenvalue weighted by Crippen LogP contribution is -2.51. The number of aliphatic carboxylic acids is 1. The molecule has 6 nitrogen and oxygen atoms in total. The van der Waals surface area contributed by atoms with Gasteiger partial charge in [0.1, 0.15) is 5.76 Å². The van der Waals surface area contributed by atoms with Gasteiger partial charge in [-0.1, -0.05) is 19.0 Å². The Kier molecular flexibility index (Phi) is 4.92. The molecule has 6 heteroatoms. The van der Waals surface area contributed by atoms with Crippen molar-refractivity contribution in [3.63, 3.8) is 0 Å². The molecule has 20 heavy (non-hydrogen) atoms. The van der Waals surface area contributed by atoms with Gasteiger partial charge in [-0.2, -0.15) is 0 Å². The Morgan fingerprint density at radius 3 is 2.40 bits per heavy atom. The monoisotopic (exact) mass is 282 g/mol. The van der Waals surface area contributed by atoms with Crippen LogP contribution in [-0.4, -0.2) is 27.7 Å². The molecule has 2 N–H and O–H groups in total. The summed E-state index contributed by atoms with van der Waals surface area (Å²) in [6.45, 7) is 9.05. The van der Waals surface area contributed by atoms with Crippen LogP contribution in [-0.2, 0) is 16.0 Å². The average molecular weight is 282 g/mol. The van der Waals surface area contributed by atoms with E-state index < -0.39 is 11.5 Å². The number of carbonyl (C=O) groups is 2. The van der Waals surface area contributed by atoms with Gasteiger partial charge in [-0.05, 0) is 26.7 Å². The van der Waals surface area contributed by atoms with E-state index in [1.807, 2.05) is 13.8 Å². The number of hydrogen-bond acceptors (Lipinski definition) is 4. The number of rotatable bonds is 6. The van der Waals surface area contributed by atoms with Gasteiger partial charge in [0, 0.05) is 11.1 Å². The topological polar surface area (TPSA) is 92.4 Å². The van der Waals surface area contributed by atoms with E-state index in [2.05, 4.69) is 10.5 Å². The Morgan fingerprint density at radius 2 is 2.00 bits per heavy atom. The zero-order valence-corrected chi connectivity index (χ0v) is 12.6. The number of amides is 1.